The topological polar surface area (TPSA) is 66.4 Å². The highest BCUT2D eigenvalue weighted by atomic mass is 35.5. The predicted octanol–water partition coefficient (Wildman–Crippen LogP) is 2.17. The van der Waals surface area contributed by atoms with Crippen molar-refractivity contribution in [1.29, 1.82) is 0 Å². The summed E-state index contributed by atoms with van der Waals surface area (Å²) in [5.74, 6) is 0. The van der Waals surface area contributed by atoms with Crippen LogP contribution in [0.2, 0.25) is 5.02 Å². The van der Waals surface area contributed by atoms with Gasteiger partial charge in [0, 0.05) is 0 Å². The number of hydrogen-bond donors (Lipinski definition) is 2. The molecule has 102 valence electrons. The van der Waals surface area contributed by atoms with Crippen molar-refractivity contribution in [1.82, 2.24) is 4.72 Å². The molecular formula is C12H18ClNO3S. The van der Waals surface area contributed by atoms with Gasteiger partial charge in [0.2, 0.25) is 10.0 Å². The molecule has 0 spiro atoms. The predicted molar refractivity (Wildman–Crippen MR) is 72.2 cm³/mol. The SMILES string of the molecule is CCC(CC)(CO)NS(=O)(=O)c1ccccc1Cl. The molecule has 0 aliphatic heterocycles. The zero-order valence-corrected chi connectivity index (χ0v) is 12.1. The molecule has 4 nitrogen and oxygen atoms in total. The molecule has 0 fully saturated rings. The van der Waals surface area contributed by atoms with E-state index in [0.717, 1.165) is 0 Å². The summed E-state index contributed by atoms with van der Waals surface area (Å²) in [6.45, 7) is 3.41. The second-order valence-electron chi connectivity index (χ2n) is 4.18. The molecule has 1 aromatic rings. The maximum Gasteiger partial charge on any atom is 0.242 e. The molecule has 0 saturated carbocycles. The molecule has 0 amide bonds. The fraction of sp³-hybridized carbons (Fsp3) is 0.500. The monoisotopic (exact) mass is 291 g/mol. The number of aliphatic hydroxyl groups excluding tert-OH is 1. The minimum atomic E-state index is -3.73. The summed E-state index contributed by atoms with van der Waals surface area (Å²) in [6, 6.07) is 6.24. The van der Waals surface area contributed by atoms with Crippen molar-refractivity contribution in [3.8, 4) is 0 Å². The molecule has 0 radical (unpaired) electrons. The molecule has 1 rings (SSSR count). The Morgan fingerprint density at radius 3 is 2.28 bits per heavy atom. The van der Waals surface area contributed by atoms with E-state index in [-0.39, 0.29) is 16.5 Å². The van der Waals surface area contributed by atoms with Crippen LogP contribution in [0.1, 0.15) is 26.7 Å². The van der Waals surface area contributed by atoms with Gasteiger partial charge in [0.05, 0.1) is 17.2 Å². The molecular weight excluding hydrogens is 274 g/mol. The van der Waals surface area contributed by atoms with E-state index in [0.29, 0.717) is 12.8 Å². The Balaban J connectivity index is 3.13. The average Bonchev–Trinajstić information content (AvgIpc) is 2.36. The first-order valence-corrected chi connectivity index (χ1v) is 7.66. The smallest absolute Gasteiger partial charge is 0.242 e. The second-order valence-corrected chi connectivity index (χ2v) is 6.24. The largest absolute Gasteiger partial charge is 0.394 e. The minimum absolute atomic E-state index is 0.0337. The highest BCUT2D eigenvalue weighted by Gasteiger charge is 2.32. The van der Waals surface area contributed by atoms with Crippen LogP contribution in [-0.4, -0.2) is 25.7 Å². The molecule has 0 aromatic heterocycles. The summed E-state index contributed by atoms with van der Waals surface area (Å²) >= 11 is 5.89. The van der Waals surface area contributed by atoms with E-state index >= 15 is 0 Å². The van der Waals surface area contributed by atoms with Gasteiger partial charge in [0.15, 0.2) is 0 Å². The molecule has 1 aromatic carbocycles. The van der Waals surface area contributed by atoms with Gasteiger partial charge in [-0.25, -0.2) is 13.1 Å². The quantitative estimate of drug-likeness (QED) is 0.844. The minimum Gasteiger partial charge on any atom is -0.394 e. The van der Waals surface area contributed by atoms with Crippen molar-refractivity contribution in [2.24, 2.45) is 0 Å². The van der Waals surface area contributed by atoms with Gasteiger partial charge in [-0.3, -0.25) is 0 Å². The van der Waals surface area contributed by atoms with Crippen molar-refractivity contribution in [2.45, 2.75) is 37.1 Å². The van der Waals surface area contributed by atoms with Crippen LogP contribution in [0.5, 0.6) is 0 Å². The van der Waals surface area contributed by atoms with Gasteiger partial charge in [-0.2, -0.15) is 0 Å². The summed E-state index contributed by atoms with van der Waals surface area (Å²) in [5, 5.41) is 9.57. The highest BCUT2D eigenvalue weighted by Crippen LogP contribution is 2.24. The summed E-state index contributed by atoms with van der Waals surface area (Å²) in [7, 11) is -3.73. The molecule has 0 aliphatic carbocycles. The van der Waals surface area contributed by atoms with E-state index in [4.69, 9.17) is 11.6 Å². The first-order valence-electron chi connectivity index (χ1n) is 5.80. The molecule has 0 saturated heterocycles. The third-order valence-corrected chi connectivity index (χ3v) is 5.21. The lowest BCUT2D eigenvalue weighted by Crippen LogP contribution is -2.50. The Morgan fingerprint density at radius 1 is 1.28 bits per heavy atom. The van der Waals surface area contributed by atoms with Gasteiger partial charge in [0.25, 0.3) is 0 Å². The van der Waals surface area contributed by atoms with Crippen LogP contribution in [0.15, 0.2) is 29.2 Å². The number of benzene rings is 1. The molecule has 0 atom stereocenters. The van der Waals surface area contributed by atoms with E-state index in [2.05, 4.69) is 4.72 Å². The van der Waals surface area contributed by atoms with Gasteiger partial charge in [-0.1, -0.05) is 37.6 Å². The Bertz CT molecular complexity index is 490. The van der Waals surface area contributed by atoms with E-state index < -0.39 is 15.6 Å². The van der Waals surface area contributed by atoms with Crippen LogP contribution in [0.3, 0.4) is 0 Å². The van der Waals surface area contributed by atoms with Gasteiger partial charge >= 0.3 is 0 Å². The lowest BCUT2D eigenvalue weighted by atomic mass is 9.96. The third kappa shape index (κ3) is 3.23. The lowest BCUT2D eigenvalue weighted by molar-refractivity contribution is 0.172. The Morgan fingerprint density at radius 2 is 1.83 bits per heavy atom. The van der Waals surface area contributed by atoms with Gasteiger partial charge in [0.1, 0.15) is 4.90 Å². The van der Waals surface area contributed by atoms with Crippen molar-refractivity contribution >= 4 is 21.6 Å². The molecule has 0 aliphatic rings. The number of aliphatic hydroxyl groups is 1. The third-order valence-electron chi connectivity index (χ3n) is 3.13. The molecule has 6 heteroatoms. The van der Waals surface area contributed by atoms with Crippen LogP contribution in [0, 0.1) is 0 Å². The summed E-state index contributed by atoms with van der Waals surface area (Å²) in [6.07, 6.45) is 1.01. The molecule has 2 N–H and O–H groups in total. The number of sulfonamides is 1. The van der Waals surface area contributed by atoms with Crippen molar-refractivity contribution < 1.29 is 13.5 Å². The average molecular weight is 292 g/mol. The van der Waals surface area contributed by atoms with Crippen LogP contribution >= 0.6 is 11.6 Å². The van der Waals surface area contributed by atoms with Crippen molar-refractivity contribution in [3.63, 3.8) is 0 Å². The standard InChI is InChI=1S/C12H18ClNO3S/c1-3-12(4-2,9-15)14-18(16,17)11-8-6-5-7-10(11)13/h5-8,14-15H,3-4,9H2,1-2H3. The normalized spacial score (nSPS) is 12.7. The molecule has 0 bridgehead atoms. The molecule has 0 unspecified atom stereocenters. The zero-order chi connectivity index (χ0) is 13.8. The number of nitrogens with one attached hydrogen (secondary N) is 1. The number of hydrogen-bond acceptors (Lipinski definition) is 3. The van der Waals surface area contributed by atoms with Crippen LogP contribution < -0.4 is 4.72 Å². The van der Waals surface area contributed by atoms with Gasteiger partial charge in [-0.05, 0) is 25.0 Å². The molecule has 0 heterocycles. The van der Waals surface area contributed by atoms with Crippen LogP contribution in [-0.2, 0) is 10.0 Å². The number of rotatable bonds is 6. The van der Waals surface area contributed by atoms with E-state index in [9.17, 15) is 13.5 Å². The Hall–Kier alpha value is -0.620. The van der Waals surface area contributed by atoms with Gasteiger partial charge in [-0.15, -0.1) is 0 Å². The van der Waals surface area contributed by atoms with E-state index in [1.165, 1.54) is 12.1 Å². The summed E-state index contributed by atoms with van der Waals surface area (Å²) in [4.78, 5) is 0.0337. The van der Waals surface area contributed by atoms with Crippen molar-refractivity contribution in [2.75, 3.05) is 6.61 Å². The fourth-order valence-corrected chi connectivity index (χ4v) is 3.71. The van der Waals surface area contributed by atoms with E-state index in [1.54, 1.807) is 12.1 Å². The first kappa shape index (κ1) is 15.4. The lowest BCUT2D eigenvalue weighted by Gasteiger charge is -2.30. The summed E-state index contributed by atoms with van der Waals surface area (Å²) in [5.41, 5.74) is -0.835. The van der Waals surface area contributed by atoms with Crippen LogP contribution in [0.4, 0.5) is 0 Å². The maximum atomic E-state index is 12.2. The maximum absolute atomic E-state index is 12.2. The second kappa shape index (κ2) is 6.02. The summed E-state index contributed by atoms with van der Waals surface area (Å²) < 4.78 is 27.0. The Kier molecular flexibility index (Phi) is 5.16. The van der Waals surface area contributed by atoms with E-state index in [1.807, 2.05) is 13.8 Å². The first-order chi connectivity index (χ1) is 8.40. The number of halogens is 1. The zero-order valence-electron chi connectivity index (χ0n) is 10.5. The van der Waals surface area contributed by atoms with Gasteiger partial charge < -0.3 is 5.11 Å². The fourth-order valence-electron chi connectivity index (χ4n) is 1.65. The highest BCUT2D eigenvalue weighted by molar-refractivity contribution is 7.89. The molecule has 18 heavy (non-hydrogen) atoms. The Labute approximate surface area is 113 Å². The van der Waals surface area contributed by atoms with Crippen molar-refractivity contribution in [3.05, 3.63) is 29.3 Å². The van der Waals surface area contributed by atoms with Crippen LogP contribution in [0.25, 0.3) is 0 Å².